The highest BCUT2D eigenvalue weighted by molar-refractivity contribution is 5.02. The van der Waals surface area contributed by atoms with E-state index in [9.17, 15) is 9.59 Å². The summed E-state index contributed by atoms with van der Waals surface area (Å²) >= 11 is 0. The summed E-state index contributed by atoms with van der Waals surface area (Å²) in [6, 6.07) is 0. The summed E-state index contributed by atoms with van der Waals surface area (Å²) in [6.45, 7) is 0.601. The molecule has 0 spiro atoms. The number of nitrogens with two attached hydrogens (primary N) is 1. The molecule has 1 aliphatic heterocycles. The lowest BCUT2D eigenvalue weighted by atomic mass is 10.1. The van der Waals surface area contributed by atoms with E-state index in [0.717, 1.165) is 32.2 Å². The molecule has 0 amide bonds. The lowest BCUT2D eigenvalue weighted by Gasteiger charge is -2.10. The van der Waals surface area contributed by atoms with E-state index in [0.29, 0.717) is 12.0 Å². The normalized spacial score (nSPS) is 22.9. The van der Waals surface area contributed by atoms with Crippen LogP contribution in [-0.2, 0) is 11.2 Å². The summed E-state index contributed by atoms with van der Waals surface area (Å²) in [5.74, 6) is 0. The van der Waals surface area contributed by atoms with Crippen LogP contribution in [0, 0.1) is 0 Å². The van der Waals surface area contributed by atoms with Gasteiger partial charge in [0.25, 0.3) is 5.56 Å². The van der Waals surface area contributed by atoms with Gasteiger partial charge < -0.3 is 30.8 Å². The van der Waals surface area contributed by atoms with Gasteiger partial charge in [-0.15, -0.1) is 0 Å². The molecule has 24 heavy (non-hydrogen) atoms. The van der Waals surface area contributed by atoms with Gasteiger partial charge in [-0.1, -0.05) is 12.8 Å². The van der Waals surface area contributed by atoms with Crippen LogP contribution in [0.25, 0.3) is 0 Å². The zero-order valence-corrected chi connectivity index (χ0v) is 13.6. The Morgan fingerprint density at radius 3 is 2.42 bits per heavy atom. The Bertz CT molecular complexity index is 573. The van der Waals surface area contributed by atoms with Crippen molar-refractivity contribution in [3.05, 3.63) is 32.6 Å². The Morgan fingerprint density at radius 2 is 1.92 bits per heavy atom. The summed E-state index contributed by atoms with van der Waals surface area (Å²) in [5, 5.41) is 26.2. The molecule has 2 heterocycles. The number of aliphatic hydroxyl groups excluding tert-OH is 3. The minimum absolute atomic E-state index is 0.117. The van der Waals surface area contributed by atoms with Gasteiger partial charge in [0.2, 0.25) is 0 Å². The fourth-order valence-corrected chi connectivity index (χ4v) is 2.26. The highest BCUT2D eigenvalue weighted by Crippen LogP contribution is 2.12. The first-order valence-corrected chi connectivity index (χ1v) is 8.09. The molecule has 1 saturated heterocycles. The summed E-state index contributed by atoms with van der Waals surface area (Å²) in [5.41, 5.74) is 5.28. The van der Waals surface area contributed by atoms with Crippen molar-refractivity contribution in [2.45, 2.75) is 50.4 Å². The Morgan fingerprint density at radius 1 is 1.21 bits per heavy atom. The van der Waals surface area contributed by atoms with Crippen molar-refractivity contribution < 1.29 is 20.1 Å². The Kier molecular flexibility index (Phi) is 9.50. The van der Waals surface area contributed by atoms with Crippen molar-refractivity contribution in [2.24, 2.45) is 5.73 Å². The van der Waals surface area contributed by atoms with E-state index in [1.807, 2.05) is 0 Å². The lowest BCUT2D eigenvalue weighted by molar-refractivity contribution is -0.00588. The SMILES string of the molecule is NCCCCCCc1c[nH]c(=O)[nH]c1=O.OC[C@H]1OC[C@H](O)[C@@H]1O. The monoisotopic (exact) mass is 345 g/mol. The number of ether oxygens (including phenoxy) is 1. The summed E-state index contributed by atoms with van der Waals surface area (Å²) in [4.78, 5) is 26.7. The van der Waals surface area contributed by atoms with Gasteiger partial charge in [0.15, 0.2) is 0 Å². The van der Waals surface area contributed by atoms with E-state index in [1.165, 1.54) is 6.20 Å². The minimum atomic E-state index is -0.921. The zero-order chi connectivity index (χ0) is 17.9. The summed E-state index contributed by atoms with van der Waals surface area (Å²) < 4.78 is 4.78. The number of nitrogens with one attached hydrogen (secondary N) is 2. The summed E-state index contributed by atoms with van der Waals surface area (Å²) in [6.07, 6.45) is 3.99. The molecule has 1 aliphatic rings. The first-order chi connectivity index (χ1) is 11.5. The molecule has 138 valence electrons. The third-order valence-corrected chi connectivity index (χ3v) is 3.73. The Hall–Kier alpha value is -1.52. The van der Waals surface area contributed by atoms with Gasteiger partial charge in [-0.05, 0) is 25.8 Å². The second kappa shape index (κ2) is 11.1. The number of hydrogen-bond acceptors (Lipinski definition) is 7. The average Bonchev–Trinajstić information content (AvgIpc) is 2.88. The molecular weight excluding hydrogens is 318 g/mol. The lowest BCUT2D eigenvalue weighted by Crippen LogP contribution is -2.31. The van der Waals surface area contributed by atoms with Crippen LogP contribution in [0.5, 0.6) is 0 Å². The highest BCUT2D eigenvalue weighted by atomic mass is 16.5. The molecule has 0 aliphatic carbocycles. The minimum Gasteiger partial charge on any atom is -0.394 e. The maximum atomic E-state index is 11.3. The van der Waals surface area contributed by atoms with Crippen LogP contribution in [0.15, 0.2) is 15.8 Å². The second-order valence-corrected chi connectivity index (χ2v) is 5.66. The van der Waals surface area contributed by atoms with E-state index in [-0.39, 0.29) is 18.8 Å². The van der Waals surface area contributed by atoms with Gasteiger partial charge in [0, 0.05) is 11.8 Å². The molecular formula is C15H27N3O6. The summed E-state index contributed by atoms with van der Waals surface area (Å²) in [7, 11) is 0. The Balaban J connectivity index is 0.000000272. The molecule has 0 bridgehead atoms. The van der Waals surface area contributed by atoms with Crippen molar-refractivity contribution in [3.8, 4) is 0 Å². The average molecular weight is 345 g/mol. The third kappa shape index (κ3) is 6.93. The maximum Gasteiger partial charge on any atom is 0.325 e. The second-order valence-electron chi connectivity index (χ2n) is 5.66. The number of unbranched alkanes of at least 4 members (excludes halogenated alkanes) is 3. The number of aromatic amines is 2. The zero-order valence-electron chi connectivity index (χ0n) is 13.6. The predicted molar refractivity (Wildman–Crippen MR) is 87.7 cm³/mol. The number of rotatable bonds is 7. The highest BCUT2D eigenvalue weighted by Gasteiger charge is 2.33. The number of aromatic nitrogens is 2. The van der Waals surface area contributed by atoms with Gasteiger partial charge >= 0.3 is 5.69 Å². The van der Waals surface area contributed by atoms with E-state index in [2.05, 4.69) is 9.97 Å². The Labute approximate surface area is 139 Å². The quantitative estimate of drug-likeness (QED) is 0.318. The molecule has 1 aromatic heterocycles. The van der Waals surface area contributed by atoms with Crippen LogP contribution in [0.1, 0.15) is 31.2 Å². The number of H-pyrrole nitrogens is 2. The van der Waals surface area contributed by atoms with E-state index in [4.69, 9.17) is 25.8 Å². The standard InChI is InChI=1S/C10H17N3O2.C5H10O4/c11-6-4-2-1-3-5-8-7-12-10(15)13-9(8)14;6-1-4-5(8)3(7)2-9-4/h7H,1-6,11H2,(H2,12,13,14,15);3-8H,1-2H2/t;3-,4+,5-/m.0/s1. The topological polar surface area (TPSA) is 162 Å². The van der Waals surface area contributed by atoms with Crippen molar-refractivity contribution in [3.63, 3.8) is 0 Å². The number of aryl methyl sites for hydroxylation is 1. The molecule has 0 aromatic carbocycles. The van der Waals surface area contributed by atoms with Gasteiger partial charge in [0.05, 0.1) is 13.2 Å². The van der Waals surface area contributed by atoms with Crippen molar-refractivity contribution in [1.29, 1.82) is 0 Å². The predicted octanol–water partition coefficient (Wildman–Crippen LogP) is -1.78. The van der Waals surface area contributed by atoms with Crippen molar-refractivity contribution >= 4 is 0 Å². The largest absolute Gasteiger partial charge is 0.394 e. The third-order valence-electron chi connectivity index (χ3n) is 3.73. The molecule has 2 rings (SSSR count). The first-order valence-electron chi connectivity index (χ1n) is 8.09. The van der Waals surface area contributed by atoms with Crippen LogP contribution < -0.4 is 17.0 Å². The number of aliphatic hydroxyl groups is 3. The van der Waals surface area contributed by atoms with Gasteiger partial charge in [-0.3, -0.25) is 9.78 Å². The van der Waals surface area contributed by atoms with Crippen molar-refractivity contribution in [1.82, 2.24) is 9.97 Å². The van der Waals surface area contributed by atoms with Gasteiger partial charge in [0.1, 0.15) is 18.3 Å². The van der Waals surface area contributed by atoms with Crippen LogP contribution >= 0.6 is 0 Å². The molecule has 0 saturated carbocycles. The van der Waals surface area contributed by atoms with E-state index >= 15 is 0 Å². The van der Waals surface area contributed by atoms with Crippen LogP contribution in [-0.4, -0.2) is 63.4 Å². The molecule has 1 fully saturated rings. The molecule has 9 heteroatoms. The van der Waals surface area contributed by atoms with E-state index < -0.39 is 24.0 Å². The molecule has 3 atom stereocenters. The van der Waals surface area contributed by atoms with Crippen LogP contribution in [0.4, 0.5) is 0 Å². The maximum absolute atomic E-state index is 11.3. The smallest absolute Gasteiger partial charge is 0.325 e. The van der Waals surface area contributed by atoms with Gasteiger partial charge in [-0.25, -0.2) is 4.79 Å². The molecule has 1 aromatic rings. The van der Waals surface area contributed by atoms with Gasteiger partial charge in [-0.2, -0.15) is 0 Å². The van der Waals surface area contributed by atoms with Crippen LogP contribution in [0.2, 0.25) is 0 Å². The molecule has 7 N–H and O–H groups in total. The molecule has 0 radical (unpaired) electrons. The molecule has 9 nitrogen and oxygen atoms in total. The fraction of sp³-hybridized carbons (Fsp3) is 0.733. The first kappa shape index (κ1) is 20.5. The van der Waals surface area contributed by atoms with Crippen molar-refractivity contribution in [2.75, 3.05) is 19.8 Å². The number of hydrogen-bond donors (Lipinski definition) is 6. The van der Waals surface area contributed by atoms with Crippen LogP contribution in [0.3, 0.4) is 0 Å². The fourth-order valence-electron chi connectivity index (χ4n) is 2.26. The van der Waals surface area contributed by atoms with E-state index in [1.54, 1.807) is 0 Å². The molecule has 0 unspecified atom stereocenters.